The molecule has 0 spiro atoms. The SMILES string of the molecule is CC(C)(C)C(=O)CN1CCCN(COC=O)CCN(COC=O)CCCN(CC(=O)O)CC1. The van der Waals surface area contributed by atoms with Crippen molar-refractivity contribution in [2.45, 2.75) is 33.6 Å². The first-order valence-corrected chi connectivity index (χ1v) is 11.4. The zero-order chi connectivity index (χ0) is 24.7. The van der Waals surface area contributed by atoms with Gasteiger partial charge in [0, 0.05) is 51.2 Å². The average molecular weight is 473 g/mol. The molecule has 0 aromatic carbocycles. The number of Topliss-reactive ketones (excluding diaryl/α,β-unsaturated/α-hetero) is 1. The molecule has 1 fully saturated rings. The van der Waals surface area contributed by atoms with Gasteiger partial charge in [-0.25, -0.2) is 0 Å². The summed E-state index contributed by atoms with van der Waals surface area (Å²) in [7, 11) is 0. The van der Waals surface area contributed by atoms with E-state index in [2.05, 4.69) is 4.90 Å². The largest absolute Gasteiger partial charge is 0.480 e. The Labute approximate surface area is 196 Å². The fraction of sp³-hybridized carbons (Fsp3) is 0.818. The van der Waals surface area contributed by atoms with Gasteiger partial charge in [-0.1, -0.05) is 20.8 Å². The number of carboxylic acids is 1. The Morgan fingerprint density at radius 1 is 0.727 bits per heavy atom. The number of rotatable bonds is 10. The summed E-state index contributed by atoms with van der Waals surface area (Å²) in [5.41, 5.74) is -0.448. The van der Waals surface area contributed by atoms with Crippen LogP contribution in [0.2, 0.25) is 0 Å². The monoisotopic (exact) mass is 472 g/mol. The molecule has 1 rings (SSSR count). The van der Waals surface area contributed by atoms with E-state index >= 15 is 0 Å². The molecule has 1 aliphatic rings. The highest BCUT2D eigenvalue weighted by Gasteiger charge is 2.24. The predicted octanol–water partition coefficient (Wildman–Crippen LogP) is -0.0510. The van der Waals surface area contributed by atoms with Gasteiger partial charge in [0.15, 0.2) is 5.78 Å². The fourth-order valence-electron chi connectivity index (χ4n) is 3.53. The molecule has 1 aliphatic heterocycles. The van der Waals surface area contributed by atoms with Crippen LogP contribution in [-0.2, 0) is 28.7 Å². The molecule has 0 aromatic rings. The van der Waals surface area contributed by atoms with Gasteiger partial charge in [-0.2, -0.15) is 0 Å². The van der Waals surface area contributed by atoms with E-state index in [0.29, 0.717) is 78.3 Å². The van der Waals surface area contributed by atoms with Crippen LogP contribution in [0.3, 0.4) is 0 Å². The predicted molar refractivity (Wildman–Crippen MR) is 121 cm³/mol. The summed E-state index contributed by atoms with van der Waals surface area (Å²) in [5.74, 6) is -0.749. The van der Waals surface area contributed by atoms with E-state index in [9.17, 15) is 24.3 Å². The maximum Gasteiger partial charge on any atom is 0.317 e. The summed E-state index contributed by atoms with van der Waals surface area (Å²) in [6.45, 7) is 11.9. The molecule has 0 unspecified atom stereocenters. The summed E-state index contributed by atoms with van der Waals surface area (Å²) in [5, 5.41) is 9.30. The van der Waals surface area contributed by atoms with Gasteiger partial charge in [0.2, 0.25) is 0 Å². The highest BCUT2D eigenvalue weighted by molar-refractivity contribution is 5.85. The van der Waals surface area contributed by atoms with Crippen LogP contribution in [0.5, 0.6) is 0 Å². The topological polar surface area (TPSA) is 120 Å². The molecule has 190 valence electrons. The molecule has 0 radical (unpaired) electrons. The number of carboxylic acid groups (broad SMARTS) is 1. The maximum atomic E-state index is 12.6. The minimum absolute atomic E-state index is 0.0668. The lowest BCUT2D eigenvalue weighted by molar-refractivity contribution is -0.139. The third-order valence-electron chi connectivity index (χ3n) is 5.58. The molecule has 0 aliphatic carbocycles. The first kappa shape index (κ1) is 29.0. The van der Waals surface area contributed by atoms with Crippen molar-refractivity contribution in [2.24, 2.45) is 5.41 Å². The number of aliphatic carboxylic acids is 1. The van der Waals surface area contributed by atoms with Crippen LogP contribution in [0.25, 0.3) is 0 Å². The smallest absolute Gasteiger partial charge is 0.317 e. The van der Waals surface area contributed by atoms with Crippen LogP contribution in [0, 0.1) is 5.41 Å². The standard InChI is InChI=1S/C22H40N4O7/c1-22(2,3)20(29)14-23-6-4-8-25(16-32-18-27)12-13-26(17-33-19-28)9-5-7-24(11-10-23)15-21(30)31/h18-19H,4-17H2,1-3H3,(H,30,31). The Bertz CT molecular complexity index is 612. The highest BCUT2D eigenvalue weighted by Crippen LogP contribution is 2.15. The van der Waals surface area contributed by atoms with Gasteiger partial charge < -0.3 is 14.6 Å². The van der Waals surface area contributed by atoms with Crippen LogP contribution in [0.4, 0.5) is 0 Å². The van der Waals surface area contributed by atoms with Crippen LogP contribution < -0.4 is 0 Å². The van der Waals surface area contributed by atoms with Crippen LogP contribution in [0.15, 0.2) is 0 Å². The van der Waals surface area contributed by atoms with Crippen molar-refractivity contribution in [3.8, 4) is 0 Å². The van der Waals surface area contributed by atoms with Crippen molar-refractivity contribution in [1.29, 1.82) is 0 Å². The van der Waals surface area contributed by atoms with Gasteiger partial charge in [-0.15, -0.1) is 0 Å². The Balaban J connectivity index is 2.91. The summed E-state index contributed by atoms with van der Waals surface area (Å²) in [6, 6.07) is 0. The number of ether oxygens (including phenoxy) is 2. The summed E-state index contributed by atoms with van der Waals surface area (Å²) in [6.07, 6.45) is 1.45. The van der Waals surface area contributed by atoms with Crippen molar-refractivity contribution >= 4 is 24.7 Å². The highest BCUT2D eigenvalue weighted by atomic mass is 16.5. The van der Waals surface area contributed by atoms with Crippen LogP contribution in [-0.4, -0.2) is 128 Å². The van der Waals surface area contributed by atoms with E-state index < -0.39 is 11.4 Å². The third-order valence-corrected chi connectivity index (χ3v) is 5.58. The van der Waals surface area contributed by atoms with Crippen molar-refractivity contribution in [3.63, 3.8) is 0 Å². The third kappa shape index (κ3) is 13.3. The fourth-order valence-corrected chi connectivity index (χ4v) is 3.53. The minimum Gasteiger partial charge on any atom is -0.480 e. The van der Waals surface area contributed by atoms with Crippen LogP contribution in [0.1, 0.15) is 33.6 Å². The molecule has 0 atom stereocenters. The molecular weight excluding hydrogens is 432 g/mol. The first-order valence-electron chi connectivity index (χ1n) is 11.4. The van der Waals surface area contributed by atoms with Gasteiger partial charge in [-0.3, -0.25) is 38.8 Å². The van der Waals surface area contributed by atoms with E-state index in [4.69, 9.17) is 9.47 Å². The Kier molecular flexibility index (Phi) is 13.8. The second-order valence-corrected chi connectivity index (χ2v) is 9.35. The Hall–Kier alpha value is -2.08. The van der Waals surface area contributed by atoms with E-state index in [-0.39, 0.29) is 25.8 Å². The molecular formula is C22H40N4O7. The molecule has 1 saturated heterocycles. The molecule has 11 heteroatoms. The second-order valence-electron chi connectivity index (χ2n) is 9.35. The van der Waals surface area contributed by atoms with Gasteiger partial charge in [0.25, 0.3) is 12.9 Å². The molecule has 11 nitrogen and oxygen atoms in total. The molecule has 1 N–H and O–H groups in total. The number of nitrogens with zero attached hydrogens (tertiary/aromatic N) is 4. The zero-order valence-corrected chi connectivity index (χ0v) is 20.2. The van der Waals surface area contributed by atoms with Crippen molar-refractivity contribution in [2.75, 3.05) is 78.9 Å². The van der Waals surface area contributed by atoms with Gasteiger partial charge >= 0.3 is 5.97 Å². The lowest BCUT2D eigenvalue weighted by Crippen LogP contribution is -2.44. The van der Waals surface area contributed by atoms with Gasteiger partial charge in [0.1, 0.15) is 13.5 Å². The van der Waals surface area contributed by atoms with Gasteiger partial charge in [0.05, 0.1) is 13.1 Å². The number of hydrogen-bond donors (Lipinski definition) is 1. The van der Waals surface area contributed by atoms with E-state index in [1.165, 1.54) is 0 Å². The Morgan fingerprint density at radius 2 is 1.12 bits per heavy atom. The lowest BCUT2D eigenvalue weighted by atomic mass is 9.90. The molecule has 1 heterocycles. The summed E-state index contributed by atoms with van der Waals surface area (Å²) < 4.78 is 9.88. The summed E-state index contributed by atoms with van der Waals surface area (Å²) >= 11 is 0. The molecule has 0 bridgehead atoms. The molecule has 0 saturated carbocycles. The second kappa shape index (κ2) is 15.7. The minimum atomic E-state index is -0.889. The first-order chi connectivity index (χ1) is 15.7. The van der Waals surface area contributed by atoms with E-state index in [1.807, 2.05) is 35.5 Å². The number of ketones is 1. The van der Waals surface area contributed by atoms with E-state index in [1.54, 1.807) is 0 Å². The van der Waals surface area contributed by atoms with Crippen molar-refractivity contribution in [3.05, 3.63) is 0 Å². The van der Waals surface area contributed by atoms with Crippen molar-refractivity contribution < 1.29 is 33.8 Å². The van der Waals surface area contributed by atoms with Crippen LogP contribution >= 0.6 is 0 Å². The lowest BCUT2D eigenvalue weighted by Gasteiger charge is -2.31. The maximum absolute atomic E-state index is 12.6. The zero-order valence-electron chi connectivity index (χ0n) is 20.2. The summed E-state index contributed by atoms with van der Waals surface area (Å²) in [4.78, 5) is 53.2. The Morgan fingerprint density at radius 3 is 1.52 bits per heavy atom. The van der Waals surface area contributed by atoms with E-state index in [0.717, 1.165) is 6.42 Å². The number of carbonyl (C=O) groups excluding carboxylic acids is 3. The number of carbonyl (C=O) groups is 4. The quantitative estimate of drug-likeness (QED) is 0.431. The van der Waals surface area contributed by atoms with Crippen molar-refractivity contribution in [1.82, 2.24) is 19.6 Å². The molecule has 0 aromatic heterocycles. The molecule has 0 amide bonds. The van der Waals surface area contributed by atoms with Gasteiger partial charge in [-0.05, 0) is 19.4 Å². The normalized spacial score (nSPS) is 19.4. The average Bonchev–Trinajstić information content (AvgIpc) is 2.74. The molecule has 33 heavy (non-hydrogen) atoms. The number of hydrogen-bond acceptors (Lipinski definition) is 10.